The van der Waals surface area contributed by atoms with Crippen molar-refractivity contribution < 1.29 is 9.53 Å². The van der Waals surface area contributed by atoms with Crippen molar-refractivity contribution >= 4 is 11.7 Å². The zero-order valence-corrected chi connectivity index (χ0v) is 14.7. The summed E-state index contributed by atoms with van der Waals surface area (Å²) in [4.78, 5) is 25.7. The first-order valence-corrected chi connectivity index (χ1v) is 9.15. The van der Waals surface area contributed by atoms with Gasteiger partial charge in [0.15, 0.2) is 0 Å². The quantitative estimate of drug-likeness (QED) is 0.868. The number of nitrogens with one attached hydrogen (secondary N) is 2. The summed E-state index contributed by atoms with van der Waals surface area (Å²) in [5, 5.41) is 5.66. The topological polar surface area (TPSA) is 79.4 Å². The number of urea groups is 1. The van der Waals surface area contributed by atoms with Gasteiger partial charge in [0.2, 0.25) is 0 Å². The van der Waals surface area contributed by atoms with E-state index in [0.29, 0.717) is 5.41 Å². The van der Waals surface area contributed by atoms with Crippen LogP contribution in [0.5, 0.6) is 0 Å². The minimum Gasteiger partial charge on any atom is -0.381 e. The van der Waals surface area contributed by atoms with E-state index in [4.69, 9.17) is 4.74 Å². The van der Waals surface area contributed by atoms with Gasteiger partial charge < -0.3 is 15.0 Å². The highest BCUT2D eigenvalue weighted by molar-refractivity contribution is 5.89. The number of carbonyl (C=O) groups excluding carboxylic acids is 1. The maximum absolute atomic E-state index is 12.5. The van der Waals surface area contributed by atoms with E-state index in [-0.39, 0.29) is 11.6 Å². The number of nitrogens with zero attached hydrogens (tertiary/aromatic N) is 2. The number of rotatable bonds is 2. The van der Waals surface area contributed by atoms with Crippen molar-refractivity contribution in [2.24, 2.45) is 5.41 Å². The van der Waals surface area contributed by atoms with Gasteiger partial charge in [-0.05, 0) is 55.4 Å². The van der Waals surface area contributed by atoms with Crippen LogP contribution >= 0.6 is 0 Å². The molecule has 2 aromatic rings. The SMILES string of the molecule is O=C(Nc1ccc(-n2ccc(=O)[nH]2)cc1)N1CCC2(CCOCC2)CC1. The Kier molecular flexibility index (Phi) is 4.55. The smallest absolute Gasteiger partial charge is 0.321 e. The Morgan fingerprint density at radius 3 is 2.35 bits per heavy atom. The van der Waals surface area contributed by atoms with Gasteiger partial charge >= 0.3 is 6.03 Å². The highest BCUT2D eigenvalue weighted by atomic mass is 16.5. The van der Waals surface area contributed by atoms with Crippen LogP contribution in [0.3, 0.4) is 0 Å². The third-order valence-electron chi connectivity index (χ3n) is 5.67. The van der Waals surface area contributed by atoms with Crippen molar-refractivity contribution in [3.63, 3.8) is 0 Å². The third-order valence-corrected chi connectivity index (χ3v) is 5.67. The maximum atomic E-state index is 12.5. The van der Waals surface area contributed by atoms with Gasteiger partial charge in [-0.1, -0.05) is 0 Å². The van der Waals surface area contributed by atoms with Crippen LogP contribution in [0.2, 0.25) is 0 Å². The number of aromatic nitrogens is 2. The van der Waals surface area contributed by atoms with Crippen molar-refractivity contribution in [2.45, 2.75) is 25.7 Å². The molecule has 4 rings (SSSR count). The van der Waals surface area contributed by atoms with Crippen LogP contribution in [0.1, 0.15) is 25.7 Å². The molecule has 2 fully saturated rings. The Balaban J connectivity index is 1.34. The molecule has 2 aliphatic rings. The number of amides is 2. The van der Waals surface area contributed by atoms with E-state index < -0.39 is 0 Å². The van der Waals surface area contributed by atoms with Crippen molar-refractivity contribution in [3.05, 3.63) is 46.9 Å². The summed E-state index contributed by atoms with van der Waals surface area (Å²) < 4.78 is 7.12. The Bertz CT molecular complexity index is 808. The minimum absolute atomic E-state index is 0.0472. The van der Waals surface area contributed by atoms with E-state index in [9.17, 15) is 9.59 Å². The van der Waals surface area contributed by atoms with E-state index in [0.717, 1.165) is 63.4 Å². The molecular weight excluding hydrogens is 332 g/mol. The lowest BCUT2D eigenvalue weighted by Gasteiger charge is -2.44. The molecule has 2 N–H and O–H groups in total. The van der Waals surface area contributed by atoms with Crippen LogP contribution < -0.4 is 10.9 Å². The predicted molar refractivity (Wildman–Crippen MR) is 98.7 cm³/mol. The van der Waals surface area contributed by atoms with Crippen LogP contribution in [-0.2, 0) is 4.74 Å². The number of aromatic amines is 1. The first-order valence-electron chi connectivity index (χ1n) is 9.15. The average molecular weight is 356 g/mol. The number of piperidine rings is 1. The Morgan fingerprint density at radius 1 is 1.04 bits per heavy atom. The number of anilines is 1. The fraction of sp³-hybridized carbons (Fsp3) is 0.474. The van der Waals surface area contributed by atoms with Gasteiger partial charge in [-0.15, -0.1) is 0 Å². The highest BCUT2D eigenvalue weighted by Crippen LogP contribution is 2.40. The number of likely N-dealkylation sites (tertiary alicyclic amines) is 1. The molecule has 0 unspecified atom stereocenters. The molecule has 0 aliphatic carbocycles. The zero-order chi connectivity index (χ0) is 18.0. The van der Waals surface area contributed by atoms with Crippen molar-refractivity contribution in [2.75, 3.05) is 31.6 Å². The number of hydrogen-bond donors (Lipinski definition) is 2. The molecule has 0 saturated carbocycles. The van der Waals surface area contributed by atoms with Gasteiger partial charge in [-0.2, -0.15) is 0 Å². The van der Waals surface area contributed by atoms with E-state index in [1.807, 2.05) is 29.2 Å². The van der Waals surface area contributed by atoms with Gasteiger partial charge in [-0.3, -0.25) is 14.6 Å². The molecule has 2 aliphatic heterocycles. The summed E-state index contributed by atoms with van der Waals surface area (Å²) in [6.45, 7) is 3.31. The van der Waals surface area contributed by atoms with E-state index in [1.165, 1.54) is 6.07 Å². The second kappa shape index (κ2) is 6.99. The molecule has 3 heterocycles. The van der Waals surface area contributed by atoms with Crippen LogP contribution in [0.25, 0.3) is 5.69 Å². The van der Waals surface area contributed by atoms with Crippen LogP contribution in [0.15, 0.2) is 41.3 Å². The van der Waals surface area contributed by atoms with Crippen molar-refractivity contribution in [3.8, 4) is 5.69 Å². The monoisotopic (exact) mass is 356 g/mol. The van der Waals surface area contributed by atoms with Crippen molar-refractivity contribution in [1.29, 1.82) is 0 Å². The van der Waals surface area contributed by atoms with Gasteiger partial charge in [0.25, 0.3) is 5.56 Å². The first kappa shape index (κ1) is 16.9. The molecule has 0 atom stereocenters. The maximum Gasteiger partial charge on any atom is 0.321 e. The molecule has 0 radical (unpaired) electrons. The molecule has 1 aromatic heterocycles. The normalized spacial score (nSPS) is 19.5. The fourth-order valence-corrected chi connectivity index (χ4v) is 3.88. The molecule has 7 nitrogen and oxygen atoms in total. The molecule has 1 aromatic carbocycles. The Hall–Kier alpha value is -2.54. The molecule has 26 heavy (non-hydrogen) atoms. The number of H-pyrrole nitrogens is 1. The number of hydrogen-bond acceptors (Lipinski definition) is 3. The molecule has 2 saturated heterocycles. The minimum atomic E-state index is -0.144. The molecule has 1 spiro atoms. The standard InChI is InChI=1S/C19H24N4O3/c24-17-5-10-23(21-17)16-3-1-15(2-4-16)20-18(25)22-11-6-19(7-12-22)8-13-26-14-9-19/h1-5,10H,6-9,11-14H2,(H,20,25)(H,21,24). The third kappa shape index (κ3) is 3.53. The Labute approximate surface area is 151 Å². The second-order valence-electron chi connectivity index (χ2n) is 7.24. The lowest BCUT2D eigenvalue weighted by Crippen LogP contribution is -2.46. The lowest BCUT2D eigenvalue weighted by atomic mass is 9.72. The molecule has 2 amide bonds. The predicted octanol–water partition coefficient (Wildman–Crippen LogP) is 2.59. The fourth-order valence-electron chi connectivity index (χ4n) is 3.88. The largest absolute Gasteiger partial charge is 0.381 e. The van der Waals surface area contributed by atoms with Crippen LogP contribution in [0, 0.1) is 5.41 Å². The summed E-state index contributed by atoms with van der Waals surface area (Å²) >= 11 is 0. The summed E-state index contributed by atoms with van der Waals surface area (Å²) in [6, 6.07) is 8.83. The summed E-state index contributed by atoms with van der Waals surface area (Å²) in [5.41, 5.74) is 1.82. The van der Waals surface area contributed by atoms with Crippen LogP contribution in [0.4, 0.5) is 10.5 Å². The number of ether oxygens (including phenoxy) is 1. The molecule has 7 heteroatoms. The second-order valence-corrected chi connectivity index (χ2v) is 7.24. The molecule has 138 valence electrons. The lowest BCUT2D eigenvalue weighted by molar-refractivity contribution is -0.0138. The van der Waals surface area contributed by atoms with E-state index >= 15 is 0 Å². The first-order chi connectivity index (χ1) is 12.6. The van der Waals surface area contributed by atoms with Gasteiger partial charge in [-0.25, -0.2) is 4.79 Å². The van der Waals surface area contributed by atoms with Gasteiger partial charge in [0.1, 0.15) is 0 Å². The number of benzene rings is 1. The van der Waals surface area contributed by atoms with Crippen molar-refractivity contribution in [1.82, 2.24) is 14.7 Å². The summed E-state index contributed by atoms with van der Waals surface area (Å²) in [6.07, 6.45) is 6.03. The Morgan fingerprint density at radius 2 is 1.73 bits per heavy atom. The zero-order valence-electron chi connectivity index (χ0n) is 14.7. The van der Waals surface area contributed by atoms with Gasteiger partial charge in [0, 0.05) is 44.3 Å². The summed E-state index contributed by atoms with van der Waals surface area (Å²) in [5.74, 6) is 0. The highest BCUT2D eigenvalue weighted by Gasteiger charge is 2.37. The number of carbonyl (C=O) groups is 1. The van der Waals surface area contributed by atoms with E-state index in [1.54, 1.807) is 10.9 Å². The van der Waals surface area contributed by atoms with Gasteiger partial charge in [0.05, 0.1) is 5.69 Å². The average Bonchev–Trinajstić information content (AvgIpc) is 3.10. The van der Waals surface area contributed by atoms with E-state index in [2.05, 4.69) is 10.4 Å². The summed E-state index contributed by atoms with van der Waals surface area (Å²) in [7, 11) is 0. The molecular formula is C19H24N4O3. The molecule has 0 bridgehead atoms. The van der Waals surface area contributed by atoms with Crippen LogP contribution in [-0.4, -0.2) is 47.0 Å².